The second-order valence-electron chi connectivity index (χ2n) is 5.88. The Balaban J connectivity index is 2.04. The molecule has 0 atom stereocenters. The van der Waals surface area contributed by atoms with Gasteiger partial charge in [0.1, 0.15) is 5.82 Å². The molecule has 0 radical (unpaired) electrons. The summed E-state index contributed by atoms with van der Waals surface area (Å²) in [7, 11) is 0. The molecular formula is C19H20N4O2S. The molecule has 6 nitrogen and oxygen atoms in total. The van der Waals surface area contributed by atoms with E-state index in [0.717, 1.165) is 12.0 Å². The van der Waals surface area contributed by atoms with Crippen molar-refractivity contribution in [2.24, 2.45) is 0 Å². The minimum atomic E-state index is -0.191. The predicted octanol–water partition coefficient (Wildman–Crippen LogP) is 2.71. The zero-order valence-corrected chi connectivity index (χ0v) is 15.5. The zero-order valence-electron chi connectivity index (χ0n) is 14.7. The molecule has 134 valence electrons. The number of benzene rings is 1. The number of nitrogens with one attached hydrogen (secondary N) is 1. The number of nitrogens with zero attached hydrogens (tertiary/aromatic N) is 3. The van der Waals surface area contributed by atoms with Crippen molar-refractivity contribution in [1.29, 1.82) is 0 Å². The fraction of sp³-hybridized carbons (Fsp3) is 0.263. The molecule has 0 spiro atoms. The number of fused-ring (bicyclic) bond motifs is 1. The molecule has 7 heteroatoms. The average Bonchev–Trinajstić information content (AvgIpc) is 2.66. The van der Waals surface area contributed by atoms with Crippen molar-refractivity contribution in [2.75, 3.05) is 12.3 Å². The number of rotatable bonds is 6. The van der Waals surface area contributed by atoms with Crippen LogP contribution in [0.5, 0.6) is 0 Å². The third kappa shape index (κ3) is 3.94. The third-order valence-electron chi connectivity index (χ3n) is 3.77. The smallest absolute Gasteiger partial charge is 0.267 e. The molecule has 3 aromatic rings. The van der Waals surface area contributed by atoms with Crippen LogP contribution in [-0.2, 0) is 4.79 Å². The molecule has 2 heterocycles. The molecule has 1 amide bonds. The van der Waals surface area contributed by atoms with Crippen molar-refractivity contribution in [3.05, 3.63) is 58.5 Å². The average molecular weight is 368 g/mol. The van der Waals surface area contributed by atoms with Crippen molar-refractivity contribution in [3.8, 4) is 5.82 Å². The Morgan fingerprint density at radius 1 is 1.23 bits per heavy atom. The lowest BCUT2D eigenvalue weighted by Crippen LogP contribution is -2.27. The van der Waals surface area contributed by atoms with Crippen LogP contribution in [0.1, 0.15) is 18.9 Å². The molecule has 0 aliphatic carbocycles. The molecule has 0 saturated carbocycles. The molecule has 0 unspecified atom stereocenters. The number of hydrogen-bond acceptors (Lipinski definition) is 5. The number of thioether (sulfide) groups is 1. The monoisotopic (exact) mass is 368 g/mol. The van der Waals surface area contributed by atoms with E-state index in [1.165, 1.54) is 16.3 Å². The van der Waals surface area contributed by atoms with Crippen molar-refractivity contribution >= 4 is 28.6 Å². The summed E-state index contributed by atoms with van der Waals surface area (Å²) in [6.45, 7) is 4.57. The Morgan fingerprint density at radius 2 is 2.04 bits per heavy atom. The first kappa shape index (κ1) is 18.1. The summed E-state index contributed by atoms with van der Waals surface area (Å²) in [5.41, 5.74) is 1.42. The van der Waals surface area contributed by atoms with E-state index in [-0.39, 0.29) is 17.2 Å². The Hall–Kier alpha value is -2.67. The van der Waals surface area contributed by atoms with Crippen LogP contribution < -0.4 is 10.9 Å². The van der Waals surface area contributed by atoms with Crippen LogP contribution in [0.25, 0.3) is 16.7 Å². The van der Waals surface area contributed by atoms with Gasteiger partial charge < -0.3 is 5.32 Å². The summed E-state index contributed by atoms with van der Waals surface area (Å²) in [4.78, 5) is 33.9. The Labute approximate surface area is 155 Å². The van der Waals surface area contributed by atoms with E-state index in [2.05, 4.69) is 15.3 Å². The van der Waals surface area contributed by atoms with Gasteiger partial charge in [-0.25, -0.2) is 14.5 Å². The standard InChI is InChI=1S/C19H20N4O2S/c1-3-10-20-17(24)12-26-19-22-15-7-5-4-6-14(15)18(25)23(19)16-9-8-13(2)11-21-16/h4-9,11H,3,10,12H2,1-2H3,(H,20,24). The summed E-state index contributed by atoms with van der Waals surface area (Å²) < 4.78 is 1.47. The quantitative estimate of drug-likeness (QED) is 0.535. The van der Waals surface area contributed by atoms with E-state index in [1.807, 2.05) is 32.0 Å². The Bertz CT molecular complexity index is 983. The minimum Gasteiger partial charge on any atom is -0.355 e. The number of amides is 1. The number of para-hydroxylation sites is 1. The summed E-state index contributed by atoms with van der Waals surface area (Å²) in [5.74, 6) is 0.606. The van der Waals surface area contributed by atoms with E-state index in [9.17, 15) is 9.59 Å². The van der Waals surface area contributed by atoms with Crippen LogP contribution in [0.15, 0.2) is 52.5 Å². The summed E-state index contributed by atoms with van der Waals surface area (Å²) in [5, 5.41) is 3.81. The number of carbonyl (C=O) groups is 1. The van der Waals surface area contributed by atoms with E-state index in [1.54, 1.807) is 24.4 Å². The topological polar surface area (TPSA) is 76.9 Å². The molecule has 26 heavy (non-hydrogen) atoms. The van der Waals surface area contributed by atoms with E-state index < -0.39 is 0 Å². The highest BCUT2D eigenvalue weighted by Gasteiger charge is 2.15. The summed E-state index contributed by atoms with van der Waals surface area (Å²) in [6, 6.07) is 10.9. The van der Waals surface area contributed by atoms with Crippen LogP contribution in [-0.4, -0.2) is 32.7 Å². The SMILES string of the molecule is CCCNC(=O)CSc1nc2ccccc2c(=O)n1-c1ccc(C)cn1. The van der Waals surface area contributed by atoms with Crippen molar-refractivity contribution < 1.29 is 4.79 Å². The molecule has 0 fully saturated rings. The van der Waals surface area contributed by atoms with Crippen LogP contribution in [0.2, 0.25) is 0 Å². The van der Waals surface area contributed by atoms with Gasteiger partial charge in [0, 0.05) is 12.7 Å². The molecule has 0 saturated heterocycles. The molecule has 0 aliphatic heterocycles. The van der Waals surface area contributed by atoms with Gasteiger partial charge in [-0.15, -0.1) is 0 Å². The van der Waals surface area contributed by atoms with Gasteiger partial charge in [-0.3, -0.25) is 9.59 Å². The van der Waals surface area contributed by atoms with Gasteiger partial charge in [-0.05, 0) is 37.1 Å². The minimum absolute atomic E-state index is 0.0809. The number of aromatic nitrogens is 3. The van der Waals surface area contributed by atoms with Gasteiger partial charge in [-0.1, -0.05) is 36.9 Å². The van der Waals surface area contributed by atoms with Crippen LogP contribution in [0.4, 0.5) is 0 Å². The molecule has 0 aliphatic rings. The highest BCUT2D eigenvalue weighted by Crippen LogP contribution is 2.20. The summed E-state index contributed by atoms with van der Waals surface area (Å²) >= 11 is 1.23. The third-order valence-corrected chi connectivity index (χ3v) is 4.71. The Kier molecular flexibility index (Phi) is 5.68. The van der Waals surface area contributed by atoms with Crippen molar-refractivity contribution in [2.45, 2.75) is 25.4 Å². The maximum Gasteiger partial charge on any atom is 0.267 e. The highest BCUT2D eigenvalue weighted by molar-refractivity contribution is 7.99. The van der Waals surface area contributed by atoms with Gasteiger partial charge in [-0.2, -0.15) is 0 Å². The van der Waals surface area contributed by atoms with Gasteiger partial charge in [0.2, 0.25) is 5.91 Å². The predicted molar refractivity (Wildman–Crippen MR) is 104 cm³/mol. The van der Waals surface area contributed by atoms with Crippen molar-refractivity contribution in [1.82, 2.24) is 19.9 Å². The summed E-state index contributed by atoms with van der Waals surface area (Å²) in [6.07, 6.45) is 2.59. The second kappa shape index (κ2) is 8.14. The molecule has 2 aromatic heterocycles. The zero-order chi connectivity index (χ0) is 18.5. The Morgan fingerprint density at radius 3 is 2.77 bits per heavy atom. The van der Waals surface area contributed by atoms with Gasteiger partial charge in [0.05, 0.1) is 16.7 Å². The first-order chi connectivity index (χ1) is 12.6. The lowest BCUT2D eigenvalue weighted by molar-refractivity contribution is -0.118. The fourth-order valence-corrected chi connectivity index (χ4v) is 3.28. The van der Waals surface area contributed by atoms with E-state index >= 15 is 0 Å². The van der Waals surface area contributed by atoms with Crippen LogP contribution in [0.3, 0.4) is 0 Å². The maximum atomic E-state index is 13.0. The number of hydrogen-bond donors (Lipinski definition) is 1. The molecule has 3 rings (SSSR count). The first-order valence-electron chi connectivity index (χ1n) is 8.44. The molecule has 1 N–H and O–H groups in total. The van der Waals surface area contributed by atoms with Gasteiger partial charge >= 0.3 is 0 Å². The van der Waals surface area contributed by atoms with Crippen LogP contribution in [0, 0.1) is 6.92 Å². The normalized spacial score (nSPS) is 10.8. The number of aryl methyl sites for hydroxylation is 1. The first-order valence-corrected chi connectivity index (χ1v) is 9.43. The van der Waals surface area contributed by atoms with Crippen LogP contribution >= 0.6 is 11.8 Å². The van der Waals surface area contributed by atoms with Gasteiger partial charge in [0.15, 0.2) is 5.16 Å². The lowest BCUT2D eigenvalue weighted by Gasteiger charge is -2.12. The van der Waals surface area contributed by atoms with Gasteiger partial charge in [0.25, 0.3) is 5.56 Å². The van der Waals surface area contributed by atoms with E-state index in [4.69, 9.17) is 0 Å². The second-order valence-corrected chi connectivity index (χ2v) is 6.83. The lowest BCUT2D eigenvalue weighted by atomic mass is 10.2. The fourth-order valence-electron chi connectivity index (χ4n) is 2.45. The largest absolute Gasteiger partial charge is 0.355 e. The molecular weight excluding hydrogens is 348 g/mol. The molecule has 0 bridgehead atoms. The highest BCUT2D eigenvalue weighted by atomic mass is 32.2. The number of pyridine rings is 1. The maximum absolute atomic E-state index is 13.0. The van der Waals surface area contributed by atoms with Crippen molar-refractivity contribution in [3.63, 3.8) is 0 Å². The number of carbonyl (C=O) groups excluding carboxylic acids is 1. The molecule has 1 aromatic carbocycles. The van der Waals surface area contributed by atoms with E-state index in [0.29, 0.717) is 28.4 Å².